The summed E-state index contributed by atoms with van der Waals surface area (Å²) < 4.78 is 10.5. The minimum absolute atomic E-state index is 0.187. The van der Waals surface area contributed by atoms with Crippen molar-refractivity contribution in [3.63, 3.8) is 0 Å². The molecule has 6 heteroatoms. The lowest BCUT2D eigenvalue weighted by atomic mass is 9.74. The van der Waals surface area contributed by atoms with Gasteiger partial charge in [-0.15, -0.1) is 0 Å². The first-order valence-electron chi connectivity index (χ1n) is 8.49. The lowest BCUT2D eigenvalue weighted by Gasteiger charge is -2.33. The zero-order valence-corrected chi connectivity index (χ0v) is 14.3. The lowest BCUT2D eigenvalue weighted by Crippen LogP contribution is -2.41. The smallest absolute Gasteiger partial charge is 0.411 e. The van der Waals surface area contributed by atoms with Crippen molar-refractivity contribution in [3.8, 4) is 0 Å². The zero-order chi connectivity index (χ0) is 18.4. The molecule has 1 amide bonds. The molecular weight excluding hydrogens is 334 g/mol. The summed E-state index contributed by atoms with van der Waals surface area (Å²) in [6.07, 6.45) is 0.322. The van der Waals surface area contributed by atoms with Gasteiger partial charge in [0, 0.05) is 18.9 Å². The van der Waals surface area contributed by atoms with E-state index in [-0.39, 0.29) is 6.61 Å². The number of carbonyl (C=O) groups excluding carboxylic acids is 1. The third kappa shape index (κ3) is 4.03. The largest absolute Gasteiger partial charge is 0.481 e. The normalized spacial score (nSPS) is 15.8. The Balaban J connectivity index is 1.62. The molecule has 136 valence electrons. The number of carboxylic acid groups (broad SMARTS) is 1. The summed E-state index contributed by atoms with van der Waals surface area (Å²) in [5.41, 5.74) is 1.25. The molecule has 1 aliphatic rings. The van der Waals surface area contributed by atoms with Crippen molar-refractivity contribution < 1.29 is 24.2 Å². The van der Waals surface area contributed by atoms with Crippen LogP contribution in [-0.2, 0) is 26.3 Å². The molecule has 0 spiro atoms. The average Bonchev–Trinajstić information content (AvgIpc) is 2.68. The number of rotatable bonds is 5. The Bertz CT molecular complexity index is 752. The molecule has 2 aromatic rings. The molecule has 0 aromatic heterocycles. The van der Waals surface area contributed by atoms with Crippen molar-refractivity contribution in [2.24, 2.45) is 0 Å². The Kier molecular flexibility index (Phi) is 5.53. The van der Waals surface area contributed by atoms with Crippen molar-refractivity contribution in [2.45, 2.75) is 24.9 Å². The van der Waals surface area contributed by atoms with Crippen molar-refractivity contribution in [1.82, 2.24) is 0 Å². The van der Waals surface area contributed by atoms with Gasteiger partial charge in [-0.25, -0.2) is 4.79 Å². The Morgan fingerprint density at radius 3 is 2.31 bits per heavy atom. The molecule has 0 unspecified atom stereocenters. The van der Waals surface area contributed by atoms with E-state index in [9.17, 15) is 14.7 Å². The number of benzene rings is 2. The Morgan fingerprint density at radius 1 is 1.04 bits per heavy atom. The van der Waals surface area contributed by atoms with Crippen LogP contribution in [0.15, 0.2) is 54.6 Å². The number of carbonyl (C=O) groups is 2. The molecule has 1 saturated heterocycles. The summed E-state index contributed by atoms with van der Waals surface area (Å²) in [4.78, 5) is 23.7. The van der Waals surface area contributed by atoms with Crippen LogP contribution in [0.3, 0.4) is 0 Å². The van der Waals surface area contributed by atoms with E-state index >= 15 is 0 Å². The Labute approximate surface area is 151 Å². The molecule has 2 aromatic carbocycles. The molecule has 0 bridgehead atoms. The van der Waals surface area contributed by atoms with E-state index in [0.717, 1.165) is 11.1 Å². The van der Waals surface area contributed by atoms with Gasteiger partial charge in [0.25, 0.3) is 0 Å². The first kappa shape index (κ1) is 17.9. The number of hydrogen-bond donors (Lipinski definition) is 2. The third-order valence-electron chi connectivity index (χ3n) is 4.65. The summed E-state index contributed by atoms with van der Waals surface area (Å²) in [7, 11) is 0. The average molecular weight is 355 g/mol. The fraction of sp³-hybridized carbons (Fsp3) is 0.300. The minimum atomic E-state index is -0.926. The molecule has 0 radical (unpaired) electrons. The Morgan fingerprint density at radius 2 is 1.69 bits per heavy atom. The molecule has 1 aliphatic heterocycles. The van der Waals surface area contributed by atoms with Crippen LogP contribution < -0.4 is 5.32 Å². The molecule has 26 heavy (non-hydrogen) atoms. The first-order chi connectivity index (χ1) is 12.6. The van der Waals surface area contributed by atoms with Crippen LogP contribution in [0.4, 0.5) is 10.5 Å². The van der Waals surface area contributed by atoms with Crippen LogP contribution in [0.2, 0.25) is 0 Å². The molecule has 1 heterocycles. The molecule has 2 N–H and O–H groups in total. The first-order valence-corrected chi connectivity index (χ1v) is 8.49. The van der Waals surface area contributed by atoms with Crippen LogP contribution in [0, 0.1) is 0 Å². The van der Waals surface area contributed by atoms with Crippen molar-refractivity contribution in [1.29, 1.82) is 0 Å². The van der Waals surface area contributed by atoms with Crippen molar-refractivity contribution in [2.75, 3.05) is 18.5 Å². The maximum absolute atomic E-state index is 11.9. The molecule has 0 aliphatic carbocycles. The Hall–Kier alpha value is -2.86. The van der Waals surface area contributed by atoms with Crippen molar-refractivity contribution >= 4 is 17.7 Å². The summed E-state index contributed by atoms with van der Waals surface area (Å²) in [5.74, 6) is -0.844. The number of anilines is 1. The number of nitrogens with one attached hydrogen (secondary N) is 1. The predicted octanol–water partition coefficient (Wildman–Crippen LogP) is 3.57. The van der Waals surface area contributed by atoms with E-state index < -0.39 is 17.5 Å². The van der Waals surface area contributed by atoms with E-state index in [1.54, 1.807) is 24.3 Å². The summed E-state index contributed by atoms with van der Waals surface area (Å²) >= 11 is 0. The van der Waals surface area contributed by atoms with E-state index in [1.165, 1.54) is 0 Å². The standard InChI is InChI=1S/C20H21NO5/c22-18(23)20(10-12-25-13-11-20)16-6-8-17(9-7-16)21-19(24)26-14-15-4-2-1-3-5-15/h1-9H,10-14H2,(H,21,24)(H,22,23). The predicted molar refractivity (Wildman–Crippen MR) is 96.1 cm³/mol. The number of hydrogen-bond acceptors (Lipinski definition) is 4. The lowest BCUT2D eigenvalue weighted by molar-refractivity contribution is -0.147. The molecule has 0 saturated carbocycles. The van der Waals surface area contributed by atoms with E-state index in [2.05, 4.69) is 5.32 Å². The number of aliphatic carboxylic acids is 1. The number of amides is 1. The summed E-state index contributed by atoms with van der Waals surface area (Å²) in [6, 6.07) is 16.3. The molecule has 6 nitrogen and oxygen atoms in total. The van der Waals surface area contributed by atoms with Gasteiger partial charge in [0.15, 0.2) is 0 Å². The van der Waals surface area contributed by atoms with Crippen LogP contribution in [0.1, 0.15) is 24.0 Å². The van der Waals surface area contributed by atoms with Crippen LogP contribution in [0.25, 0.3) is 0 Å². The molecule has 1 fully saturated rings. The van der Waals surface area contributed by atoms with E-state index in [1.807, 2.05) is 30.3 Å². The molecular formula is C20H21NO5. The highest BCUT2D eigenvalue weighted by Crippen LogP contribution is 2.35. The second-order valence-electron chi connectivity index (χ2n) is 6.26. The van der Waals surface area contributed by atoms with Crippen LogP contribution >= 0.6 is 0 Å². The van der Waals surface area contributed by atoms with Gasteiger partial charge in [-0.3, -0.25) is 10.1 Å². The van der Waals surface area contributed by atoms with Crippen LogP contribution in [-0.4, -0.2) is 30.4 Å². The van der Waals surface area contributed by atoms with Gasteiger partial charge in [0.2, 0.25) is 0 Å². The second-order valence-corrected chi connectivity index (χ2v) is 6.26. The number of carboxylic acids is 1. The van der Waals surface area contributed by atoms with Gasteiger partial charge in [-0.1, -0.05) is 42.5 Å². The fourth-order valence-corrected chi connectivity index (χ4v) is 3.10. The van der Waals surface area contributed by atoms with Gasteiger partial charge >= 0.3 is 12.1 Å². The van der Waals surface area contributed by atoms with Crippen molar-refractivity contribution in [3.05, 3.63) is 65.7 Å². The fourth-order valence-electron chi connectivity index (χ4n) is 3.10. The maximum Gasteiger partial charge on any atom is 0.411 e. The van der Waals surface area contributed by atoms with Crippen LogP contribution in [0.5, 0.6) is 0 Å². The number of ether oxygens (including phenoxy) is 2. The highest BCUT2D eigenvalue weighted by atomic mass is 16.5. The maximum atomic E-state index is 11.9. The van der Waals surface area contributed by atoms with Gasteiger partial charge in [0.1, 0.15) is 6.61 Å². The summed E-state index contributed by atoms with van der Waals surface area (Å²) in [5, 5.41) is 12.3. The third-order valence-corrected chi connectivity index (χ3v) is 4.65. The van der Waals surface area contributed by atoms with E-state index in [0.29, 0.717) is 31.7 Å². The monoisotopic (exact) mass is 355 g/mol. The van der Waals surface area contributed by atoms with Gasteiger partial charge in [-0.05, 0) is 36.1 Å². The highest BCUT2D eigenvalue weighted by Gasteiger charge is 2.41. The van der Waals surface area contributed by atoms with Gasteiger partial charge < -0.3 is 14.6 Å². The van der Waals surface area contributed by atoms with E-state index in [4.69, 9.17) is 9.47 Å². The topological polar surface area (TPSA) is 84.9 Å². The summed E-state index contributed by atoms with van der Waals surface area (Å²) in [6.45, 7) is 1.04. The quantitative estimate of drug-likeness (QED) is 0.856. The van der Waals surface area contributed by atoms with Gasteiger partial charge in [-0.2, -0.15) is 0 Å². The molecule has 0 atom stereocenters. The second kappa shape index (κ2) is 8.01. The SMILES string of the molecule is O=C(Nc1ccc(C2(C(=O)O)CCOCC2)cc1)OCc1ccccc1. The molecule has 3 rings (SSSR count). The zero-order valence-electron chi connectivity index (χ0n) is 14.3. The highest BCUT2D eigenvalue weighted by molar-refractivity contribution is 5.85. The minimum Gasteiger partial charge on any atom is -0.481 e. The van der Waals surface area contributed by atoms with Gasteiger partial charge in [0.05, 0.1) is 5.41 Å².